The third kappa shape index (κ3) is 3.43. The number of hydrogen-bond acceptors (Lipinski definition) is 4. The number of likely N-dealkylation sites (N-methyl/N-ethyl adjacent to an activating group) is 1. The number of nitrogens with two attached hydrogens (primary N) is 1. The van der Waals surface area contributed by atoms with E-state index in [0.717, 1.165) is 15.5 Å². The Morgan fingerprint density at radius 2 is 2.17 bits per heavy atom. The number of nitrogens with zero attached hydrogens (tertiary/aromatic N) is 1. The Labute approximate surface area is 132 Å². The van der Waals surface area contributed by atoms with Crippen molar-refractivity contribution in [2.45, 2.75) is 12.6 Å². The Morgan fingerprint density at radius 1 is 1.39 bits per heavy atom. The summed E-state index contributed by atoms with van der Waals surface area (Å²) in [5, 5.41) is 4.21. The van der Waals surface area contributed by atoms with Gasteiger partial charge in [0.05, 0.1) is 6.04 Å². The van der Waals surface area contributed by atoms with Gasteiger partial charge in [0.25, 0.3) is 0 Å². The Bertz CT molecular complexity index is 510. The van der Waals surface area contributed by atoms with Crippen LogP contribution in [0.2, 0.25) is 0 Å². The van der Waals surface area contributed by atoms with Gasteiger partial charge in [-0.1, -0.05) is 0 Å². The van der Waals surface area contributed by atoms with Gasteiger partial charge in [-0.25, -0.2) is 0 Å². The van der Waals surface area contributed by atoms with Gasteiger partial charge in [-0.2, -0.15) is 0 Å². The first kappa shape index (κ1) is 14.7. The molecule has 0 bridgehead atoms. The lowest BCUT2D eigenvalue weighted by molar-refractivity contribution is 0.246. The molecule has 2 aromatic heterocycles. The van der Waals surface area contributed by atoms with Crippen LogP contribution in [-0.2, 0) is 6.54 Å². The molecule has 1 atom stereocenters. The van der Waals surface area contributed by atoms with Gasteiger partial charge in [0.15, 0.2) is 0 Å². The fourth-order valence-corrected chi connectivity index (χ4v) is 5.15. The summed E-state index contributed by atoms with van der Waals surface area (Å²) in [6, 6.07) is 4.51. The van der Waals surface area contributed by atoms with Crippen LogP contribution in [0.1, 0.15) is 15.8 Å². The van der Waals surface area contributed by atoms with Crippen molar-refractivity contribution in [3.63, 3.8) is 0 Å². The standard InChI is InChI=1S/C12H14Br2N2S2/c1-16(6-9-4-8(13)7-18-9)11(5-15)12-10(14)2-3-17-12/h2-4,7,11H,5-6,15H2,1H3. The third-order valence-electron chi connectivity index (χ3n) is 2.73. The van der Waals surface area contributed by atoms with Crippen molar-refractivity contribution in [3.05, 3.63) is 41.6 Å². The van der Waals surface area contributed by atoms with Crippen LogP contribution < -0.4 is 5.73 Å². The number of hydrogen-bond donors (Lipinski definition) is 1. The van der Waals surface area contributed by atoms with Crippen molar-refractivity contribution in [2.75, 3.05) is 13.6 Å². The second-order valence-corrected chi connectivity index (χ2v) is 7.74. The van der Waals surface area contributed by atoms with E-state index in [-0.39, 0.29) is 6.04 Å². The van der Waals surface area contributed by atoms with Gasteiger partial charge in [-0.05, 0) is 56.4 Å². The number of thiophene rings is 2. The van der Waals surface area contributed by atoms with E-state index in [1.54, 1.807) is 22.7 Å². The predicted molar refractivity (Wildman–Crippen MR) is 87.3 cm³/mol. The number of halogens is 2. The molecule has 6 heteroatoms. The van der Waals surface area contributed by atoms with Crippen LogP contribution in [0, 0.1) is 0 Å². The second-order valence-electron chi connectivity index (χ2n) is 4.03. The first-order valence-electron chi connectivity index (χ1n) is 5.48. The van der Waals surface area contributed by atoms with Crippen LogP contribution in [0.5, 0.6) is 0 Å². The van der Waals surface area contributed by atoms with Crippen LogP contribution >= 0.6 is 54.5 Å². The molecule has 0 amide bonds. The Kier molecular flexibility index (Phi) is 5.41. The molecule has 0 radical (unpaired) electrons. The van der Waals surface area contributed by atoms with Crippen molar-refractivity contribution in [2.24, 2.45) is 5.73 Å². The molecule has 0 saturated heterocycles. The molecule has 0 aliphatic heterocycles. The third-order valence-corrected chi connectivity index (χ3v) is 6.38. The van der Waals surface area contributed by atoms with Crippen LogP contribution in [0.25, 0.3) is 0 Å². The van der Waals surface area contributed by atoms with Gasteiger partial charge in [-0.3, -0.25) is 4.90 Å². The Hall–Kier alpha value is 0.280. The summed E-state index contributed by atoms with van der Waals surface area (Å²) in [6.07, 6.45) is 0. The van der Waals surface area contributed by atoms with E-state index in [4.69, 9.17) is 5.73 Å². The minimum absolute atomic E-state index is 0.264. The van der Waals surface area contributed by atoms with Gasteiger partial charge in [0.1, 0.15) is 0 Å². The molecule has 2 nitrogen and oxygen atoms in total. The first-order valence-corrected chi connectivity index (χ1v) is 8.82. The van der Waals surface area contributed by atoms with Gasteiger partial charge in [-0.15, -0.1) is 22.7 Å². The molecular formula is C12H14Br2N2S2. The summed E-state index contributed by atoms with van der Waals surface area (Å²) in [7, 11) is 2.12. The molecular weight excluding hydrogens is 396 g/mol. The fourth-order valence-electron chi connectivity index (χ4n) is 1.82. The highest BCUT2D eigenvalue weighted by atomic mass is 79.9. The van der Waals surface area contributed by atoms with Crippen LogP contribution in [0.4, 0.5) is 0 Å². The zero-order valence-electron chi connectivity index (χ0n) is 9.90. The molecule has 2 rings (SSSR count). The average Bonchev–Trinajstić information content (AvgIpc) is 2.90. The van der Waals surface area contributed by atoms with Crippen LogP contribution in [0.3, 0.4) is 0 Å². The summed E-state index contributed by atoms with van der Waals surface area (Å²) in [5.41, 5.74) is 5.93. The van der Waals surface area contributed by atoms with E-state index < -0.39 is 0 Å². The normalized spacial score (nSPS) is 13.2. The topological polar surface area (TPSA) is 29.3 Å². The quantitative estimate of drug-likeness (QED) is 0.789. The monoisotopic (exact) mass is 408 g/mol. The maximum atomic E-state index is 5.93. The molecule has 2 heterocycles. The average molecular weight is 410 g/mol. The van der Waals surface area contributed by atoms with Crippen LogP contribution in [-0.4, -0.2) is 18.5 Å². The minimum Gasteiger partial charge on any atom is -0.329 e. The Balaban J connectivity index is 2.11. The molecule has 0 fully saturated rings. The Morgan fingerprint density at radius 3 is 2.67 bits per heavy atom. The van der Waals surface area contributed by atoms with Gasteiger partial charge < -0.3 is 5.73 Å². The molecule has 0 saturated carbocycles. The lowest BCUT2D eigenvalue weighted by Gasteiger charge is -2.26. The lowest BCUT2D eigenvalue weighted by Crippen LogP contribution is -2.29. The van der Waals surface area contributed by atoms with Crippen molar-refractivity contribution in [3.8, 4) is 0 Å². The van der Waals surface area contributed by atoms with E-state index in [1.807, 2.05) is 0 Å². The second kappa shape index (κ2) is 6.63. The molecule has 0 aliphatic carbocycles. The SMILES string of the molecule is CN(Cc1cc(Br)cs1)C(CN)c1sccc1Br. The molecule has 98 valence electrons. The highest BCUT2D eigenvalue weighted by molar-refractivity contribution is 9.10. The molecule has 0 aliphatic rings. The summed E-state index contributed by atoms with van der Waals surface area (Å²) >= 11 is 10.6. The summed E-state index contributed by atoms with van der Waals surface area (Å²) in [4.78, 5) is 4.95. The largest absolute Gasteiger partial charge is 0.329 e. The summed E-state index contributed by atoms with van der Waals surface area (Å²) < 4.78 is 2.31. The maximum Gasteiger partial charge on any atom is 0.0576 e. The van der Waals surface area contributed by atoms with E-state index in [9.17, 15) is 0 Å². The summed E-state index contributed by atoms with van der Waals surface area (Å²) in [6.45, 7) is 1.55. The highest BCUT2D eigenvalue weighted by Gasteiger charge is 2.19. The van der Waals surface area contributed by atoms with E-state index >= 15 is 0 Å². The smallest absolute Gasteiger partial charge is 0.0576 e. The van der Waals surface area contributed by atoms with Gasteiger partial charge in [0.2, 0.25) is 0 Å². The zero-order chi connectivity index (χ0) is 13.1. The van der Waals surface area contributed by atoms with Crippen LogP contribution in [0.15, 0.2) is 31.8 Å². The lowest BCUT2D eigenvalue weighted by atomic mass is 10.2. The van der Waals surface area contributed by atoms with E-state index in [1.165, 1.54) is 9.75 Å². The molecule has 0 spiro atoms. The zero-order valence-corrected chi connectivity index (χ0v) is 14.7. The van der Waals surface area contributed by atoms with Crippen molar-refractivity contribution in [1.29, 1.82) is 0 Å². The molecule has 18 heavy (non-hydrogen) atoms. The van der Waals surface area contributed by atoms with Crippen molar-refractivity contribution < 1.29 is 0 Å². The van der Waals surface area contributed by atoms with Gasteiger partial charge >= 0.3 is 0 Å². The molecule has 2 N–H and O–H groups in total. The molecule has 1 unspecified atom stereocenters. The van der Waals surface area contributed by atoms with E-state index in [0.29, 0.717) is 6.54 Å². The van der Waals surface area contributed by atoms with Gasteiger partial charge in [0, 0.05) is 37.2 Å². The summed E-state index contributed by atoms with van der Waals surface area (Å²) in [5.74, 6) is 0. The van der Waals surface area contributed by atoms with Crippen molar-refractivity contribution >= 4 is 54.5 Å². The van der Waals surface area contributed by atoms with E-state index in [2.05, 4.69) is 66.7 Å². The molecule has 2 aromatic rings. The molecule has 0 aromatic carbocycles. The number of rotatable bonds is 5. The predicted octanol–water partition coefficient (Wildman–Crippen LogP) is 4.47. The maximum absolute atomic E-state index is 5.93. The minimum atomic E-state index is 0.264. The van der Waals surface area contributed by atoms with Crippen molar-refractivity contribution in [1.82, 2.24) is 4.90 Å². The first-order chi connectivity index (χ1) is 8.61. The highest BCUT2D eigenvalue weighted by Crippen LogP contribution is 2.33. The fraction of sp³-hybridized carbons (Fsp3) is 0.333.